The van der Waals surface area contributed by atoms with E-state index in [1.54, 1.807) is 0 Å². The molecule has 130 valence electrons. The van der Waals surface area contributed by atoms with Crippen LogP contribution < -0.4 is 0 Å². The summed E-state index contributed by atoms with van der Waals surface area (Å²) in [5.74, 6) is 1.10. The van der Waals surface area contributed by atoms with Gasteiger partial charge in [0, 0.05) is 5.92 Å². The molecule has 0 heterocycles. The van der Waals surface area contributed by atoms with Crippen molar-refractivity contribution in [2.24, 2.45) is 5.92 Å². The Labute approximate surface area is 149 Å². The fourth-order valence-corrected chi connectivity index (χ4v) is 3.64. The fraction of sp³-hybridized carbons (Fsp3) is 0.500. The standard InChI is InChI=1S/C24H34/c1-5-7-12-20-16-21(13-8-6-2)18-23(17-20)24(19(3)4)22-14-10-9-11-15-22/h9-11,14-19,24H,5-8,12-13H2,1-4H3. The van der Waals surface area contributed by atoms with Crippen molar-refractivity contribution < 1.29 is 0 Å². The molecule has 2 aromatic carbocycles. The maximum atomic E-state index is 2.47. The monoisotopic (exact) mass is 322 g/mol. The summed E-state index contributed by atoms with van der Waals surface area (Å²) in [6, 6.07) is 18.4. The van der Waals surface area contributed by atoms with Crippen LogP contribution in [0.2, 0.25) is 0 Å². The predicted molar refractivity (Wildman–Crippen MR) is 107 cm³/mol. The molecule has 0 heteroatoms. The Hall–Kier alpha value is -1.56. The summed E-state index contributed by atoms with van der Waals surface area (Å²) in [5, 5.41) is 0. The number of rotatable bonds is 9. The number of hydrogen-bond donors (Lipinski definition) is 0. The van der Waals surface area contributed by atoms with Gasteiger partial charge in [-0.1, -0.05) is 89.1 Å². The molecule has 0 bridgehead atoms. The van der Waals surface area contributed by atoms with Gasteiger partial charge in [-0.3, -0.25) is 0 Å². The molecule has 0 aliphatic heterocycles. The number of hydrogen-bond acceptors (Lipinski definition) is 0. The fourth-order valence-electron chi connectivity index (χ4n) is 3.64. The first kappa shape index (κ1) is 18.8. The summed E-state index contributed by atoms with van der Waals surface area (Å²) in [5.41, 5.74) is 6.02. The molecule has 0 aliphatic carbocycles. The quantitative estimate of drug-likeness (QED) is 0.459. The second-order valence-electron chi connectivity index (χ2n) is 7.42. The van der Waals surface area contributed by atoms with E-state index in [0.717, 1.165) is 0 Å². The first-order valence-electron chi connectivity index (χ1n) is 9.83. The van der Waals surface area contributed by atoms with E-state index in [-0.39, 0.29) is 0 Å². The normalized spacial score (nSPS) is 12.5. The largest absolute Gasteiger partial charge is 0.0654 e. The summed E-state index contributed by atoms with van der Waals surface area (Å²) < 4.78 is 0. The molecule has 2 rings (SSSR count). The third-order valence-electron chi connectivity index (χ3n) is 4.90. The first-order valence-corrected chi connectivity index (χ1v) is 9.83. The van der Waals surface area contributed by atoms with Crippen LogP contribution in [0.25, 0.3) is 0 Å². The van der Waals surface area contributed by atoms with E-state index in [2.05, 4.69) is 76.2 Å². The van der Waals surface area contributed by atoms with Gasteiger partial charge in [0.15, 0.2) is 0 Å². The van der Waals surface area contributed by atoms with E-state index < -0.39 is 0 Å². The summed E-state index contributed by atoms with van der Waals surface area (Å²) in [6.45, 7) is 9.26. The molecule has 1 unspecified atom stereocenters. The highest BCUT2D eigenvalue weighted by Crippen LogP contribution is 2.33. The van der Waals surface area contributed by atoms with Crippen molar-refractivity contribution in [1.29, 1.82) is 0 Å². The van der Waals surface area contributed by atoms with Gasteiger partial charge in [0.2, 0.25) is 0 Å². The number of unbranched alkanes of at least 4 members (excludes halogenated alkanes) is 2. The lowest BCUT2D eigenvalue weighted by Crippen LogP contribution is -2.10. The second-order valence-corrected chi connectivity index (χ2v) is 7.42. The number of benzene rings is 2. The van der Waals surface area contributed by atoms with Gasteiger partial charge in [-0.15, -0.1) is 0 Å². The summed E-state index contributed by atoms with van der Waals surface area (Å²) >= 11 is 0. The Balaban J connectivity index is 2.40. The Bertz CT molecular complexity index is 568. The van der Waals surface area contributed by atoms with Crippen LogP contribution in [0.15, 0.2) is 48.5 Å². The first-order chi connectivity index (χ1) is 11.7. The van der Waals surface area contributed by atoms with Gasteiger partial charge in [0.25, 0.3) is 0 Å². The molecule has 0 aliphatic rings. The summed E-state index contributed by atoms with van der Waals surface area (Å²) in [4.78, 5) is 0. The molecule has 0 saturated heterocycles. The topological polar surface area (TPSA) is 0 Å². The van der Waals surface area contributed by atoms with Crippen molar-refractivity contribution >= 4 is 0 Å². The highest BCUT2D eigenvalue weighted by atomic mass is 14.2. The van der Waals surface area contributed by atoms with Crippen molar-refractivity contribution in [2.45, 2.75) is 72.1 Å². The van der Waals surface area contributed by atoms with Crippen LogP contribution in [-0.4, -0.2) is 0 Å². The maximum absolute atomic E-state index is 2.47. The van der Waals surface area contributed by atoms with Gasteiger partial charge in [-0.25, -0.2) is 0 Å². The summed E-state index contributed by atoms with van der Waals surface area (Å²) in [7, 11) is 0. The van der Waals surface area contributed by atoms with Gasteiger partial charge < -0.3 is 0 Å². The minimum absolute atomic E-state index is 0.494. The zero-order valence-electron chi connectivity index (χ0n) is 16.0. The van der Waals surface area contributed by atoms with Crippen LogP contribution in [0, 0.1) is 5.92 Å². The third-order valence-corrected chi connectivity index (χ3v) is 4.90. The molecule has 0 amide bonds. The van der Waals surface area contributed by atoms with Crippen molar-refractivity contribution in [3.8, 4) is 0 Å². The molecule has 0 saturated carbocycles. The van der Waals surface area contributed by atoms with Crippen LogP contribution in [0.3, 0.4) is 0 Å². The zero-order valence-corrected chi connectivity index (χ0v) is 16.0. The molecule has 0 radical (unpaired) electrons. The Morgan fingerprint density at radius 1 is 0.708 bits per heavy atom. The Kier molecular flexibility index (Phi) is 7.56. The molecule has 24 heavy (non-hydrogen) atoms. The van der Waals surface area contributed by atoms with Crippen molar-refractivity contribution in [2.75, 3.05) is 0 Å². The SMILES string of the molecule is CCCCc1cc(CCCC)cc(C(c2ccccc2)C(C)C)c1. The highest BCUT2D eigenvalue weighted by molar-refractivity contribution is 5.38. The van der Waals surface area contributed by atoms with Crippen molar-refractivity contribution in [1.82, 2.24) is 0 Å². The number of aryl methyl sites for hydroxylation is 2. The Morgan fingerprint density at radius 2 is 1.25 bits per heavy atom. The third kappa shape index (κ3) is 5.23. The van der Waals surface area contributed by atoms with Crippen LogP contribution in [0.4, 0.5) is 0 Å². The van der Waals surface area contributed by atoms with Crippen LogP contribution in [-0.2, 0) is 12.8 Å². The van der Waals surface area contributed by atoms with Gasteiger partial charge in [0.1, 0.15) is 0 Å². The highest BCUT2D eigenvalue weighted by Gasteiger charge is 2.19. The molecular formula is C24H34. The summed E-state index contributed by atoms with van der Waals surface area (Å²) in [6.07, 6.45) is 7.52. The average Bonchev–Trinajstić information content (AvgIpc) is 2.59. The van der Waals surface area contributed by atoms with Crippen LogP contribution in [0.5, 0.6) is 0 Å². The predicted octanol–water partition coefficient (Wildman–Crippen LogP) is 7.16. The zero-order chi connectivity index (χ0) is 17.4. The minimum Gasteiger partial charge on any atom is -0.0654 e. The van der Waals surface area contributed by atoms with Gasteiger partial charge in [0.05, 0.1) is 0 Å². The van der Waals surface area contributed by atoms with Gasteiger partial charge in [-0.2, -0.15) is 0 Å². The van der Waals surface area contributed by atoms with Gasteiger partial charge in [-0.05, 0) is 53.9 Å². The Morgan fingerprint density at radius 3 is 1.71 bits per heavy atom. The molecule has 2 aromatic rings. The molecule has 0 fully saturated rings. The van der Waals surface area contributed by atoms with E-state index in [1.165, 1.54) is 60.8 Å². The molecule has 0 nitrogen and oxygen atoms in total. The van der Waals surface area contributed by atoms with Crippen LogP contribution >= 0.6 is 0 Å². The van der Waals surface area contributed by atoms with E-state index in [0.29, 0.717) is 11.8 Å². The second kappa shape index (κ2) is 9.67. The lowest BCUT2D eigenvalue weighted by atomic mass is 9.81. The maximum Gasteiger partial charge on any atom is 0.0113 e. The molecule has 1 atom stereocenters. The molecule has 0 aromatic heterocycles. The van der Waals surface area contributed by atoms with Gasteiger partial charge >= 0.3 is 0 Å². The molecular weight excluding hydrogens is 288 g/mol. The minimum atomic E-state index is 0.494. The van der Waals surface area contributed by atoms with E-state index in [9.17, 15) is 0 Å². The molecule has 0 spiro atoms. The molecule has 0 N–H and O–H groups in total. The van der Waals surface area contributed by atoms with E-state index in [4.69, 9.17) is 0 Å². The average molecular weight is 323 g/mol. The lowest BCUT2D eigenvalue weighted by molar-refractivity contribution is 0.562. The van der Waals surface area contributed by atoms with E-state index in [1.807, 2.05) is 0 Å². The van der Waals surface area contributed by atoms with Crippen molar-refractivity contribution in [3.63, 3.8) is 0 Å². The lowest BCUT2D eigenvalue weighted by Gasteiger charge is -2.24. The van der Waals surface area contributed by atoms with Crippen LogP contribution in [0.1, 0.15) is 81.5 Å². The smallest absolute Gasteiger partial charge is 0.0113 e. The van der Waals surface area contributed by atoms with E-state index >= 15 is 0 Å². The van der Waals surface area contributed by atoms with Crippen molar-refractivity contribution in [3.05, 3.63) is 70.8 Å².